The van der Waals surface area contributed by atoms with Crippen molar-refractivity contribution in [3.05, 3.63) is 12.2 Å². The SMILES string of the molecule is C=NC(=O)C1C(C)C(=C)CN1C(=O)C(NC(=O)O)C(C)(C)C. The van der Waals surface area contributed by atoms with Crippen molar-refractivity contribution in [2.24, 2.45) is 16.3 Å². The second kappa shape index (κ2) is 6.29. The number of hydrogen-bond donors (Lipinski definition) is 2. The van der Waals surface area contributed by atoms with Crippen LogP contribution in [-0.4, -0.2) is 53.3 Å². The largest absolute Gasteiger partial charge is 0.465 e. The second-order valence-electron chi connectivity index (χ2n) is 6.60. The molecule has 7 nitrogen and oxygen atoms in total. The first kappa shape index (κ1) is 17.9. The van der Waals surface area contributed by atoms with Crippen LogP contribution in [0, 0.1) is 11.3 Å². The fourth-order valence-corrected chi connectivity index (χ4v) is 2.55. The summed E-state index contributed by atoms with van der Waals surface area (Å²) in [5.41, 5.74) is 0.0935. The standard InChI is InChI=1S/C15H23N3O4/c1-8-7-18(10(9(8)2)12(19)16-6)13(20)11(15(3,4)5)17-14(21)22/h9-11,17H,1,6-7H2,2-5H3,(H,21,22). The minimum Gasteiger partial charge on any atom is -0.465 e. The molecule has 0 aliphatic carbocycles. The zero-order chi connectivity index (χ0) is 17.2. The topological polar surface area (TPSA) is 99.1 Å². The minimum atomic E-state index is -1.29. The fraction of sp³-hybridized carbons (Fsp3) is 0.600. The molecule has 1 aliphatic heterocycles. The maximum atomic E-state index is 12.8. The van der Waals surface area contributed by atoms with Crippen LogP contribution in [0.2, 0.25) is 0 Å². The molecule has 7 heteroatoms. The highest BCUT2D eigenvalue weighted by Crippen LogP contribution is 2.31. The predicted molar refractivity (Wildman–Crippen MR) is 82.8 cm³/mol. The Hall–Kier alpha value is -2.18. The maximum Gasteiger partial charge on any atom is 0.405 e. The lowest BCUT2D eigenvalue weighted by Crippen LogP contribution is -2.56. The van der Waals surface area contributed by atoms with Gasteiger partial charge in [0.05, 0.1) is 0 Å². The number of hydrogen-bond acceptors (Lipinski definition) is 3. The van der Waals surface area contributed by atoms with E-state index < -0.39 is 35.4 Å². The number of likely N-dealkylation sites (tertiary alicyclic amines) is 1. The van der Waals surface area contributed by atoms with Crippen molar-refractivity contribution < 1.29 is 19.5 Å². The van der Waals surface area contributed by atoms with Crippen LogP contribution in [0.25, 0.3) is 0 Å². The van der Waals surface area contributed by atoms with Crippen molar-refractivity contribution in [2.75, 3.05) is 6.54 Å². The number of carboxylic acid groups (broad SMARTS) is 1. The summed E-state index contributed by atoms with van der Waals surface area (Å²) in [4.78, 5) is 40.5. The number of carbonyl (C=O) groups excluding carboxylic acids is 2. The lowest BCUT2D eigenvalue weighted by atomic mass is 9.85. The molecule has 3 atom stereocenters. The lowest BCUT2D eigenvalue weighted by Gasteiger charge is -2.34. The van der Waals surface area contributed by atoms with E-state index in [4.69, 9.17) is 5.11 Å². The van der Waals surface area contributed by atoms with Gasteiger partial charge in [0.2, 0.25) is 5.91 Å². The fourth-order valence-electron chi connectivity index (χ4n) is 2.55. The number of aliphatic imine (C=N–C) groups is 1. The molecule has 0 aromatic carbocycles. The van der Waals surface area contributed by atoms with Crippen molar-refractivity contribution in [3.8, 4) is 0 Å². The molecule has 0 spiro atoms. The summed E-state index contributed by atoms with van der Waals surface area (Å²) >= 11 is 0. The average molecular weight is 309 g/mol. The van der Waals surface area contributed by atoms with Crippen molar-refractivity contribution in [1.82, 2.24) is 10.2 Å². The van der Waals surface area contributed by atoms with E-state index >= 15 is 0 Å². The Morgan fingerprint density at radius 3 is 2.36 bits per heavy atom. The summed E-state index contributed by atoms with van der Waals surface area (Å²) in [6.45, 7) is 14.4. The Labute approximate surface area is 130 Å². The summed E-state index contributed by atoms with van der Waals surface area (Å²) in [5, 5.41) is 11.2. The Bertz CT molecular complexity index is 521. The monoisotopic (exact) mass is 309 g/mol. The zero-order valence-electron chi connectivity index (χ0n) is 13.4. The molecule has 3 amide bonds. The van der Waals surface area contributed by atoms with Gasteiger partial charge in [0.25, 0.3) is 5.91 Å². The second-order valence-corrected chi connectivity index (χ2v) is 6.60. The van der Waals surface area contributed by atoms with Gasteiger partial charge in [-0.3, -0.25) is 9.59 Å². The molecule has 0 radical (unpaired) electrons. The molecule has 1 rings (SSSR count). The smallest absolute Gasteiger partial charge is 0.405 e. The van der Waals surface area contributed by atoms with Crippen LogP contribution in [0.5, 0.6) is 0 Å². The van der Waals surface area contributed by atoms with Crippen molar-refractivity contribution in [1.29, 1.82) is 0 Å². The van der Waals surface area contributed by atoms with Gasteiger partial charge in [0.15, 0.2) is 0 Å². The predicted octanol–water partition coefficient (Wildman–Crippen LogP) is 1.30. The molecule has 22 heavy (non-hydrogen) atoms. The van der Waals surface area contributed by atoms with Gasteiger partial charge in [-0.05, 0) is 12.1 Å². The summed E-state index contributed by atoms with van der Waals surface area (Å²) in [6.07, 6.45) is -1.29. The number of nitrogens with one attached hydrogen (secondary N) is 1. The molecule has 122 valence electrons. The molecule has 3 unspecified atom stereocenters. The first-order valence-electron chi connectivity index (χ1n) is 6.99. The van der Waals surface area contributed by atoms with E-state index in [1.54, 1.807) is 27.7 Å². The van der Waals surface area contributed by atoms with Gasteiger partial charge in [0, 0.05) is 12.5 Å². The molecule has 0 saturated carbocycles. The Morgan fingerprint density at radius 1 is 1.41 bits per heavy atom. The third kappa shape index (κ3) is 3.52. The van der Waals surface area contributed by atoms with Crippen LogP contribution in [0.4, 0.5) is 4.79 Å². The number of carbonyl (C=O) groups is 3. The number of nitrogens with zero attached hydrogens (tertiary/aromatic N) is 2. The Kier molecular flexibility index (Phi) is 5.11. The molecule has 1 heterocycles. The molecule has 1 saturated heterocycles. The number of rotatable bonds is 3. The van der Waals surface area contributed by atoms with Gasteiger partial charge in [0.1, 0.15) is 12.1 Å². The van der Waals surface area contributed by atoms with Gasteiger partial charge >= 0.3 is 6.09 Å². The molecule has 0 aromatic rings. The van der Waals surface area contributed by atoms with Crippen LogP contribution in [0.3, 0.4) is 0 Å². The van der Waals surface area contributed by atoms with E-state index in [-0.39, 0.29) is 12.5 Å². The normalized spacial score (nSPS) is 23.1. The average Bonchev–Trinajstić information content (AvgIpc) is 2.69. The highest BCUT2D eigenvalue weighted by atomic mass is 16.4. The summed E-state index contributed by atoms with van der Waals surface area (Å²) in [5.74, 6) is -1.21. The van der Waals surface area contributed by atoms with Crippen molar-refractivity contribution in [2.45, 2.75) is 39.8 Å². The maximum absolute atomic E-state index is 12.8. The van der Waals surface area contributed by atoms with Gasteiger partial charge in [-0.1, -0.05) is 39.8 Å². The summed E-state index contributed by atoms with van der Waals surface area (Å²) in [7, 11) is 0. The third-order valence-electron chi connectivity index (χ3n) is 3.90. The highest BCUT2D eigenvalue weighted by molar-refractivity contribution is 5.94. The van der Waals surface area contributed by atoms with Crippen LogP contribution in [0.15, 0.2) is 17.1 Å². The summed E-state index contributed by atoms with van der Waals surface area (Å²) < 4.78 is 0. The molecule has 1 aliphatic rings. The van der Waals surface area contributed by atoms with Gasteiger partial charge in [-0.25, -0.2) is 9.79 Å². The van der Waals surface area contributed by atoms with Gasteiger partial charge < -0.3 is 15.3 Å². The Balaban J connectivity index is 3.16. The van der Waals surface area contributed by atoms with Crippen LogP contribution in [-0.2, 0) is 9.59 Å². The molecular weight excluding hydrogens is 286 g/mol. The number of amides is 3. The van der Waals surface area contributed by atoms with E-state index in [9.17, 15) is 14.4 Å². The molecular formula is C15H23N3O4. The van der Waals surface area contributed by atoms with Gasteiger partial charge in [-0.15, -0.1) is 0 Å². The van der Waals surface area contributed by atoms with E-state index in [0.29, 0.717) is 0 Å². The first-order chi connectivity index (χ1) is 10.0. The first-order valence-corrected chi connectivity index (χ1v) is 6.99. The zero-order valence-corrected chi connectivity index (χ0v) is 13.4. The Morgan fingerprint density at radius 2 is 1.95 bits per heavy atom. The van der Waals surface area contributed by atoms with E-state index in [0.717, 1.165) is 5.57 Å². The quantitative estimate of drug-likeness (QED) is 0.606. The molecule has 0 bridgehead atoms. The third-order valence-corrected chi connectivity index (χ3v) is 3.90. The molecule has 0 aromatic heterocycles. The van der Waals surface area contributed by atoms with Crippen LogP contribution in [0.1, 0.15) is 27.7 Å². The highest BCUT2D eigenvalue weighted by Gasteiger charge is 2.45. The summed E-state index contributed by atoms with van der Waals surface area (Å²) in [6, 6.07) is -1.75. The van der Waals surface area contributed by atoms with E-state index in [1.165, 1.54) is 4.90 Å². The van der Waals surface area contributed by atoms with Gasteiger partial charge in [-0.2, -0.15) is 0 Å². The van der Waals surface area contributed by atoms with E-state index in [2.05, 4.69) is 23.6 Å². The van der Waals surface area contributed by atoms with Crippen LogP contribution >= 0.6 is 0 Å². The van der Waals surface area contributed by atoms with Crippen molar-refractivity contribution >= 4 is 24.6 Å². The molecule has 2 N–H and O–H groups in total. The van der Waals surface area contributed by atoms with Crippen LogP contribution < -0.4 is 5.32 Å². The van der Waals surface area contributed by atoms with E-state index in [1.807, 2.05) is 0 Å². The minimum absolute atomic E-state index is 0.208. The molecule has 1 fully saturated rings. The van der Waals surface area contributed by atoms with Crippen molar-refractivity contribution in [3.63, 3.8) is 0 Å². The lowest BCUT2D eigenvalue weighted by molar-refractivity contribution is -0.141.